The van der Waals surface area contributed by atoms with Gasteiger partial charge in [-0.25, -0.2) is 0 Å². The molecule has 0 aliphatic carbocycles. The summed E-state index contributed by atoms with van der Waals surface area (Å²) in [5.41, 5.74) is 11.0. The Labute approximate surface area is 145 Å². The highest BCUT2D eigenvalue weighted by Gasteiger charge is 2.34. The molecule has 7 heteroatoms. The highest BCUT2D eigenvalue weighted by Crippen LogP contribution is 2.24. The third-order valence-corrected chi connectivity index (χ3v) is 4.22. The number of carbonyl (C=O) groups excluding carboxylic acids is 2. The summed E-state index contributed by atoms with van der Waals surface area (Å²) in [5.74, 6) is -0.969. The maximum absolute atomic E-state index is 12.0. The fraction of sp³-hybridized carbons (Fsp3) is 0.882. The van der Waals surface area contributed by atoms with Crippen molar-refractivity contribution in [2.24, 2.45) is 28.7 Å². The first-order valence-corrected chi connectivity index (χ1v) is 8.43. The molecule has 0 bridgehead atoms. The summed E-state index contributed by atoms with van der Waals surface area (Å²) in [6.45, 7) is 9.75. The van der Waals surface area contributed by atoms with Crippen molar-refractivity contribution in [1.29, 1.82) is 0 Å². The zero-order valence-electron chi connectivity index (χ0n) is 15.8. The van der Waals surface area contributed by atoms with Crippen LogP contribution in [-0.2, 0) is 23.8 Å². The van der Waals surface area contributed by atoms with Gasteiger partial charge in [-0.1, -0.05) is 34.6 Å². The summed E-state index contributed by atoms with van der Waals surface area (Å²) in [5, 5.41) is 0. The SMILES string of the molecule is CCC(COC)(COC(=O)C(N)C(C)C)COC(=O)C(N)C(C)C. The van der Waals surface area contributed by atoms with Crippen LogP contribution in [0.2, 0.25) is 0 Å². The van der Waals surface area contributed by atoms with E-state index < -0.39 is 29.4 Å². The molecule has 0 rings (SSSR count). The van der Waals surface area contributed by atoms with Crippen molar-refractivity contribution in [1.82, 2.24) is 0 Å². The Morgan fingerprint density at radius 3 is 1.50 bits per heavy atom. The molecule has 0 amide bonds. The number of methoxy groups -OCH3 is 1. The minimum absolute atomic E-state index is 0.0159. The van der Waals surface area contributed by atoms with E-state index in [0.29, 0.717) is 6.42 Å². The predicted molar refractivity (Wildman–Crippen MR) is 92.1 cm³/mol. The Morgan fingerprint density at radius 1 is 0.875 bits per heavy atom. The normalized spacial score (nSPS) is 16.6. The Kier molecular flexibility index (Phi) is 10.1. The number of ether oxygens (including phenoxy) is 3. The average molecular weight is 346 g/mol. The molecule has 24 heavy (non-hydrogen) atoms. The van der Waals surface area contributed by atoms with Crippen molar-refractivity contribution >= 4 is 11.9 Å². The molecule has 2 atom stereocenters. The fourth-order valence-corrected chi connectivity index (χ4v) is 1.92. The van der Waals surface area contributed by atoms with Gasteiger partial charge in [-0.05, 0) is 18.3 Å². The van der Waals surface area contributed by atoms with Gasteiger partial charge in [0.1, 0.15) is 25.3 Å². The molecule has 2 unspecified atom stereocenters. The molecule has 0 radical (unpaired) electrons. The average Bonchev–Trinajstić information content (AvgIpc) is 2.55. The molecule has 4 N–H and O–H groups in total. The van der Waals surface area contributed by atoms with Crippen LogP contribution in [0, 0.1) is 17.3 Å². The molecule has 0 aliphatic rings. The van der Waals surface area contributed by atoms with E-state index in [1.807, 2.05) is 34.6 Å². The van der Waals surface area contributed by atoms with Gasteiger partial charge in [0.2, 0.25) is 0 Å². The van der Waals surface area contributed by atoms with Gasteiger partial charge in [-0.3, -0.25) is 9.59 Å². The number of hydrogen-bond donors (Lipinski definition) is 2. The van der Waals surface area contributed by atoms with Crippen LogP contribution in [-0.4, -0.2) is 51.0 Å². The molecular formula is C17H34N2O5. The van der Waals surface area contributed by atoms with Crippen molar-refractivity contribution in [3.63, 3.8) is 0 Å². The smallest absolute Gasteiger partial charge is 0.323 e. The monoisotopic (exact) mass is 346 g/mol. The molecule has 0 fully saturated rings. The lowest BCUT2D eigenvalue weighted by atomic mass is 9.88. The molecule has 0 aromatic heterocycles. The maximum atomic E-state index is 12.0. The second-order valence-corrected chi connectivity index (χ2v) is 7.04. The minimum atomic E-state index is -0.681. The zero-order chi connectivity index (χ0) is 18.9. The number of nitrogens with two attached hydrogens (primary N) is 2. The topological polar surface area (TPSA) is 114 Å². The molecule has 0 saturated heterocycles. The van der Waals surface area contributed by atoms with Gasteiger partial charge in [0, 0.05) is 7.11 Å². The molecule has 0 aliphatic heterocycles. The van der Waals surface area contributed by atoms with E-state index in [1.165, 1.54) is 0 Å². The van der Waals surface area contributed by atoms with E-state index in [2.05, 4.69) is 0 Å². The van der Waals surface area contributed by atoms with Gasteiger partial charge < -0.3 is 25.7 Å². The molecular weight excluding hydrogens is 312 g/mol. The van der Waals surface area contributed by atoms with Crippen molar-refractivity contribution in [3.8, 4) is 0 Å². The fourth-order valence-electron chi connectivity index (χ4n) is 1.92. The van der Waals surface area contributed by atoms with Crippen LogP contribution < -0.4 is 11.5 Å². The third kappa shape index (κ3) is 7.15. The van der Waals surface area contributed by atoms with Gasteiger partial charge in [0.05, 0.1) is 12.0 Å². The van der Waals surface area contributed by atoms with E-state index in [1.54, 1.807) is 7.11 Å². The van der Waals surface area contributed by atoms with Crippen molar-refractivity contribution in [3.05, 3.63) is 0 Å². The lowest BCUT2D eigenvalue weighted by Gasteiger charge is -2.32. The van der Waals surface area contributed by atoms with Crippen molar-refractivity contribution in [2.75, 3.05) is 26.9 Å². The Balaban J connectivity index is 4.83. The molecule has 0 saturated carbocycles. The molecule has 0 aromatic rings. The molecule has 0 spiro atoms. The van der Waals surface area contributed by atoms with Crippen LogP contribution in [0.25, 0.3) is 0 Å². The summed E-state index contributed by atoms with van der Waals surface area (Å²) in [4.78, 5) is 23.9. The lowest BCUT2D eigenvalue weighted by Crippen LogP contribution is -2.44. The second-order valence-electron chi connectivity index (χ2n) is 7.04. The molecule has 7 nitrogen and oxygen atoms in total. The van der Waals surface area contributed by atoms with Gasteiger partial charge in [0.25, 0.3) is 0 Å². The lowest BCUT2D eigenvalue weighted by molar-refractivity contribution is -0.160. The van der Waals surface area contributed by atoms with Gasteiger partial charge in [0.15, 0.2) is 0 Å². The predicted octanol–water partition coefficient (Wildman–Crippen LogP) is 1.08. The highest BCUT2D eigenvalue weighted by molar-refractivity contribution is 5.76. The second kappa shape index (κ2) is 10.6. The van der Waals surface area contributed by atoms with Crippen LogP contribution in [0.1, 0.15) is 41.0 Å². The summed E-state index contributed by atoms with van der Waals surface area (Å²) >= 11 is 0. The van der Waals surface area contributed by atoms with Crippen molar-refractivity contribution in [2.45, 2.75) is 53.1 Å². The first kappa shape index (κ1) is 22.8. The van der Waals surface area contributed by atoms with E-state index in [0.717, 1.165) is 0 Å². The number of esters is 2. The summed E-state index contributed by atoms with van der Waals surface area (Å²) in [6.07, 6.45) is 0.606. The Bertz CT molecular complexity index is 368. The van der Waals surface area contributed by atoms with E-state index in [9.17, 15) is 9.59 Å². The standard InChI is InChI=1S/C17H34N2O5/c1-7-17(8-22-6,9-23-15(20)13(18)11(2)3)10-24-16(21)14(19)12(4)5/h11-14H,7-10,18-19H2,1-6H3. The molecule has 0 aromatic carbocycles. The van der Waals surface area contributed by atoms with Crippen LogP contribution in [0.3, 0.4) is 0 Å². The zero-order valence-corrected chi connectivity index (χ0v) is 15.8. The first-order valence-electron chi connectivity index (χ1n) is 8.43. The molecule has 142 valence electrons. The van der Waals surface area contributed by atoms with Crippen LogP contribution in [0.15, 0.2) is 0 Å². The van der Waals surface area contributed by atoms with Crippen LogP contribution in [0.5, 0.6) is 0 Å². The summed E-state index contributed by atoms with van der Waals surface area (Å²) in [6, 6.07) is -1.36. The van der Waals surface area contributed by atoms with E-state index >= 15 is 0 Å². The minimum Gasteiger partial charge on any atom is -0.464 e. The number of carbonyl (C=O) groups is 2. The van der Waals surface area contributed by atoms with Crippen LogP contribution in [0.4, 0.5) is 0 Å². The maximum Gasteiger partial charge on any atom is 0.323 e. The first-order chi connectivity index (χ1) is 11.1. The highest BCUT2D eigenvalue weighted by atomic mass is 16.6. The van der Waals surface area contributed by atoms with Crippen molar-refractivity contribution < 1.29 is 23.8 Å². The van der Waals surface area contributed by atoms with E-state index in [4.69, 9.17) is 25.7 Å². The quantitative estimate of drug-likeness (QED) is 0.538. The molecule has 0 heterocycles. The third-order valence-electron chi connectivity index (χ3n) is 4.22. The van der Waals surface area contributed by atoms with Gasteiger partial charge in [-0.2, -0.15) is 0 Å². The van der Waals surface area contributed by atoms with Gasteiger partial charge >= 0.3 is 11.9 Å². The van der Waals surface area contributed by atoms with E-state index in [-0.39, 0.29) is 31.7 Å². The van der Waals surface area contributed by atoms with Crippen LogP contribution >= 0.6 is 0 Å². The Hall–Kier alpha value is -1.18. The van der Waals surface area contributed by atoms with Gasteiger partial charge in [-0.15, -0.1) is 0 Å². The summed E-state index contributed by atoms with van der Waals surface area (Å²) in [7, 11) is 1.55. The Morgan fingerprint density at radius 2 is 1.25 bits per heavy atom. The summed E-state index contributed by atoms with van der Waals surface area (Å²) < 4.78 is 15.9. The number of rotatable bonds is 11. The number of hydrogen-bond acceptors (Lipinski definition) is 7. The largest absolute Gasteiger partial charge is 0.464 e.